The molecule has 0 aliphatic carbocycles. The quantitative estimate of drug-likeness (QED) is 0.631. The lowest BCUT2D eigenvalue weighted by atomic mass is 10.3. The Bertz CT molecular complexity index is 119. The molecule has 1 fully saturated rings. The van der Waals surface area contributed by atoms with Crippen LogP contribution < -0.4 is 5.73 Å². The Morgan fingerprint density at radius 3 is 2.91 bits per heavy atom. The molecule has 0 spiro atoms. The number of nitrogens with two attached hydrogens (primary N) is 1. The molecule has 1 aliphatic heterocycles. The maximum absolute atomic E-state index is 5.78. The molecule has 0 bridgehead atoms. The van der Waals surface area contributed by atoms with Gasteiger partial charge in [0.25, 0.3) is 0 Å². The first-order chi connectivity index (χ1) is 5.24. The Hall–Kier alpha value is -0.120. The SMILES string of the molecule is COCC(C)N1CC[C@H](N)C1. The van der Waals surface area contributed by atoms with Gasteiger partial charge in [-0.2, -0.15) is 0 Å². The first-order valence-corrected chi connectivity index (χ1v) is 4.22. The van der Waals surface area contributed by atoms with Crippen LogP contribution >= 0.6 is 0 Å². The van der Waals surface area contributed by atoms with E-state index in [-0.39, 0.29) is 0 Å². The number of hydrogen-bond acceptors (Lipinski definition) is 3. The molecule has 0 radical (unpaired) electrons. The van der Waals surface area contributed by atoms with Crippen LogP contribution in [0.1, 0.15) is 13.3 Å². The van der Waals surface area contributed by atoms with E-state index in [1.54, 1.807) is 7.11 Å². The molecule has 1 rings (SSSR count). The van der Waals surface area contributed by atoms with Gasteiger partial charge in [-0.3, -0.25) is 4.90 Å². The second-order valence-electron chi connectivity index (χ2n) is 3.35. The predicted octanol–water partition coefficient (Wildman–Crippen LogP) is 0.0543. The van der Waals surface area contributed by atoms with Gasteiger partial charge in [0.2, 0.25) is 0 Å². The Labute approximate surface area is 68.5 Å². The molecule has 0 amide bonds. The van der Waals surface area contributed by atoms with Crippen LogP contribution in [-0.4, -0.2) is 43.8 Å². The van der Waals surface area contributed by atoms with Gasteiger partial charge in [-0.15, -0.1) is 0 Å². The van der Waals surface area contributed by atoms with Gasteiger partial charge in [-0.25, -0.2) is 0 Å². The van der Waals surface area contributed by atoms with Crippen LogP contribution in [-0.2, 0) is 4.74 Å². The molecule has 1 saturated heterocycles. The molecule has 0 aromatic rings. The monoisotopic (exact) mass is 158 g/mol. The van der Waals surface area contributed by atoms with Crippen LogP contribution in [0.4, 0.5) is 0 Å². The zero-order valence-corrected chi connectivity index (χ0v) is 7.42. The average molecular weight is 158 g/mol. The van der Waals surface area contributed by atoms with Crippen LogP contribution in [0.3, 0.4) is 0 Å². The second-order valence-corrected chi connectivity index (χ2v) is 3.35. The minimum atomic E-state index is 0.384. The maximum Gasteiger partial charge on any atom is 0.0615 e. The largest absolute Gasteiger partial charge is 0.383 e. The van der Waals surface area contributed by atoms with Crippen LogP contribution in [0.15, 0.2) is 0 Å². The summed E-state index contributed by atoms with van der Waals surface area (Å²) >= 11 is 0. The van der Waals surface area contributed by atoms with Gasteiger partial charge in [-0.1, -0.05) is 0 Å². The van der Waals surface area contributed by atoms with E-state index in [1.807, 2.05) is 0 Å². The van der Waals surface area contributed by atoms with Crippen molar-refractivity contribution in [1.82, 2.24) is 4.90 Å². The fraction of sp³-hybridized carbons (Fsp3) is 1.00. The van der Waals surface area contributed by atoms with Gasteiger partial charge < -0.3 is 10.5 Å². The van der Waals surface area contributed by atoms with Gasteiger partial charge in [-0.05, 0) is 13.3 Å². The third-order valence-corrected chi connectivity index (χ3v) is 2.29. The average Bonchev–Trinajstić information content (AvgIpc) is 2.36. The molecule has 1 unspecified atom stereocenters. The van der Waals surface area contributed by atoms with E-state index in [0.717, 1.165) is 26.1 Å². The topological polar surface area (TPSA) is 38.5 Å². The van der Waals surface area contributed by atoms with E-state index in [0.29, 0.717) is 12.1 Å². The maximum atomic E-state index is 5.78. The summed E-state index contributed by atoms with van der Waals surface area (Å²) in [5.41, 5.74) is 5.78. The highest BCUT2D eigenvalue weighted by atomic mass is 16.5. The number of hydrogen-bond donors (Lipinski definition) is 1. The standard InChI is InChI=1S/C8H18N2O/c1-7(6-11-2)10-4-3-8(9)5-10/h7-8H,3-6,9H2,1-2H3/t7?,8-/m0/s1. The zero-order chi connectivity index (χ0) is 8.27. The van der Waals surface area contributed by atoms with Crippen molar-refractivity contribution in [1.29, 1.82) is 0 Å². The lowest BCUT2D eigenvalue weighted by Gasteiger charge is -2.22. The lowest BCUT2D eigenvalue weighted by molar-refractivity contribution is 0.114. The van der Waals surface area contributed by atoms with Gasteiger partial charge in [0, 0.05) is 32.3 Å². The summed E-state index contributed by atoms with van der Waals surface area (Å²) in [6.45, 7) is 5.16. The summed E-state index contributed by atoms with van der Waals surface area (Å²) in [6.07, 6.45) is 1.13. The number of rotatable bonds is 3. The van der Waals surface area contributed by atoms with Crippen molar-refractivity contribution in [2.45, 2.75) is 25.4 Å². The van der Waals surface area contributed by atoms with Crippen molar-refractivity contribution in [2.75, 3.05) is 26.8 Å². The van der Waals surface area contributed by atoms with Gasteiger partial charge in [0.15, 0.2) is 0 Å². The normalized spacial score (nSPS) is 29.2. The molecule has 0 aromatic heterocycles. The van der Waals surface area contributed by atoms with Gasteiger partial charge >= 0.3 is 0 Å². The molecule has 2 N–H and O–H groups in total. The molecule has 66 valence electrons. The predicted molar refractivity (Wildman–Crippen MR) is 45.5 cm³/mol. The number of nitrogens with zero attached hydrogens (tertiary/aromatic N) is 1. The van der Waals surface area contributed by atoms with E-state index >= 15 is 0 Å². The van der Waals surface area contributed by atoms with Crippen molar-refractivity contribution in [3.63, 3.8) is 0 Å². The molecule has 0 aromatic carbocycles. The minimum absolute atomic E-state index is 0.384. The number of methoxy groups -OCH3 is 1. The number of ether oxygens (including phenoxy) is 1. The third-order valence-electron chi connectivity index (χ3n) is 2.29. The molecular weight excluding hydrogens is 140 g/mol. The Morgan fingerprint density at radius 1 is 1.73 bits per heavy atom. The van der Waals surface area contributed by atoms with Crippen molar-refractivity contribution < 1.29 is 4.74 Å². The van der Waals surface area contributed by atoms with Crippen molar-refractivity contribution in [2.24, 2.45) is 5.73 Å². The fourth-order valence-electron chi connectivity index (χ4n) is 1.56. The van der Waals surface area contributed by atoms with Crippen molar-refractivity contribution in [3.8, 4) is 0 Å². The highest BCUT2D eigenvalue weighted by Crippen LogP contribution is 2.10. The molecule has 11 heavy (non-hydrogen) atoms. The molecule has 3 heteroatoms. The highest BCUT2D eigenvalue weighted by Gasteiger charge is 2.22. The van der Waals surface area contributed by atoms with Gasteiger partial charge in [0.05, 0.1) is 6.61 Å². The Balaban J connectivity index is 2.25. The minimum Gasteiger partial charge on any atom is -0.383 e. The summed E-state index contributed by atoms with van der Waals surface area (Å²) in [5.74, 6) is 0. The van der Waals surface area contributed by atoms with E-state index in [1.165, 1.54) is 0 Å². The Morgan fingerprint density at radius 2 is 2.45 bits per heavy atom. The first kappa shape index (κ1) is 8.97. The fourth-order valence-corrected chi connectivity index (χ4v) is 1.56. The summed E-state index contributed by atoms with van der Waals surface area (Å²) in [4.78, 5) is 2.38. The van der Waals surface area contributed by atoms with Crippen LogP contribution in [0.5, 0.6) is 0 Å². The molecule has 2 atom stereocenters. The van der Waals surface area contributed by atoms with Crippen LogP contribution in [0.25, 0.3) is 0 Å². The summed E-state index contributed by atoms with van der Waals surface area (Å²) in [5, 5.41) is 0. The first-order valence-electron chi connectivity index (χ1n) is 4.22. The van der Waals surface area contributed by atoms with E-state index < -0.39 is 0 Å². The number of likely N-dealkylation sites (tertiary alicyclic amines) is 1. The molecule has 1 aliphatic rings. The lowest BCUT2D eigenvalue weighted by Crippen LogP contribution is -2.36. The van der Waals surface area contributed by atoms with E-state index in [2.05, 4.69) is 11.8 Å². The summed E-state index contributed by atoms with van der Waals surface area (Å²) < 4.78 is 5.07. The molecule has 0 saturated carbocycles. The molecule has 1 heterocycles. The Kier molecular flexibility index (Phi) is 3.30. The smallest absolute Gasteiger partial charge is 0.0615 e. The van der Waals surface area contributed by atoms with E-state index in [9.17, 15) is 0 Å². The highest BCUT2D eigenvalue weighted by molar-refractivity contribution is 4.81. The van der Waals surface area contributed by atoms with Crippen LogP contribution in [0.2, 0.25) is 0 Å². The molecular formula is C8H18N2O. The molecule has 3 nitrogen and oxygen atoms in total. The van der Waals surface area contributed by atoms with Crippen molar-refractivity contribution in [3.05, 3.63) is 0 Å². The van der Waals surface area contributed by atoms with Gasteiger partial charge in [0.1, 0.15) is 0 Å². The van der Waals surface area contributed by atoms with E-state index in [4.69, 9.17) is 10.5 Å². The summed E-state index contributed by atoms with van der Waals surface area (Å²) in [6, 6.07) is 0.905. The summed E-state index contributed by atoms with van der Waals surface area (Å²) in [7, 11) is 1.74. The zero-order valence-electron chi connectivity index (χ0n) is 7.42. The second kappa shape index (κ2) is 4.04. The van der Waals surface area contributed by atoms with Crippen LogP contribution in [0, 0.1) is 0 Å². The van der Waals surface area contributed by atoms with Crippen molar-refractivity contribution >= 4 is 0 Å². The third kappa shape index (κ3) is 2.43.